The smallest absolute Gasteiger partial charge is 0.348 e. The highest BCUT2D eigenvalue weighted by Crippen LogP contribution is 2.34. The number of rotatable bonds is 4. The lowest BCUT2D eigenvalue weighted by molar-refractivity contribution is -0.422. The number of nitro benzene ring substituents is 2. The fraction of sp³-hybridized carbons (Fsp3) is 0. The summed E-state index contributed by atoms with van der Waals surface area (Å²) in [5, 5.41) is 22.3. The third-order valence-corrected chi connectivity index (χ3v) is 3.75. The first-order valence-corrected chi connectivity index (χ1v) is 7.35. The lowest BCUT2D eigenvalue weighted by Crippen LogP contribution is -2.01. The molecule has 10 nitrogen and oxygen atoms in total. The van der Waals surface area contributed by atoms with Crippen LogP contribution in [-0.4, -0.2) is 19.8 Å². The van der Waals surface area contributed by atoms with Crippen molar-refractivity contribution in [3.8, 4) is 22.8 Å². The van der Waals surface area contributed by atoms with Gasteiger partial charge in [0.2, 0.25) is 0 Å². The topological polar surface area (TPSA) is 140 Å². The molecule has 4 aromatic rings. The summed E-state index contributed by atoms with van der Waals surface area (Å²) in [6.45, 7) is 0. The van der Waals surface area contributed by atoms with E-state index in [1.165, 1.54) is 0 Å². The van der Waals surface area contributed by atoms with Gasteiger partial charge in [-0.05, 0) is 0 Å². The third-order valence-electron chi connectivity index (χ3n) is 3.75. The van der Waals surface area contributed by atoms with Crippen molar-refractivity contribution in [2.24, 2.45) is 0 Å². The molecule has 0 radical (unpaired) electrons. The second-order valence-electron chi connectivity index (χ2n) is 5.31. The summed E-state index contributed by atoms with van der Waals surface area (Å²) in [7, 11) is 0. The monoisotopic (exact) mass is 348 g/mol. The van der Waals surface area contributed by atoms with Crippen molar-refractivity contribution >= 4 is 22.4 Å². The molecule has 0 saturated carbocycles. The predicted molar refractivity (Wildman–Crippen MR) is 90.4 cm³/mol. The van der Waals surface area contributed by atoms with E-state index in [-0.39, 0.29) is 11.0 Å². The highest BCUT2D eigenvalue weighted by atomic mass is 16.6. The summed E-state index contributed by atoms with van der Waals surface area (Å²) >= 11 is 0. The van der Waals surface area contributed by atoms with Crippen molar-refractivity contribution in [2.75, 3.05) is 0 Å². The minimum atomic E-state index is -0.813. The van der Waals surface area contributed by atoms with E-state index in [0.717, 1.165) is 12.1 Å². The summed E-state index contributed by atoms with van der Waals surface area (Å²) in [6, 6.07) is 9.00. The molecule has 0 unspecified atom stereocenters. The van der Waals surface area contributed by atoms with Crippen LogP contribution in [0.4, 0.5) is 11.4 Å². The van der Waals surface area contributed by atoms with E-state index in [1.54, 1.807) is 36.7 Å². The van der Waals surface area contributed by atoms with Crippen molar-refractivity contribution in [1.82, 2.24) is 19.9 Å². The van der Waals surface area contributed by atoms with Crippen LogP contribution in [0.1, 0.15) is 0 Å². The van der Waals surface area contributed by atoms with Crippen LogP contribution in [-0.2, 0) is 0 Å². The summed E-state index contributed by atoms with van der Waals surface area (Å²) in [5.74, 6) is 0. The normalized spacial score (nSPS) is 10.9. The van der Waals surface area contributed by atoms with E-state index in [4.69, 9.17) is 0 Å². The summed E-state index contributed by atoms with van der Waals surface area (Å²) in [5.41, 5.74) is 0.881. The van der Waals surface area contributed by atoms with Gasteiger partial charge in [0.15, 0.2) is 0 Å². The molecule has 3 aromatic heterocycles. The third kappa shape index (κ3) is 2.45. The van der Waals surface area contributed by atoms with Crippen LogP contribution in [0, 0.1) is 20.2 Å². The average Bonchev–Trinajstić information content (AvgIpc) is 3.32. The van der Waals surface area contributed by atoms with E-state index in [9.17, 15) is 20.2 Å². The first kappa shape index (κ1) is 15.4. The zero-order chi connectivity index (χ0) is 18.3. The molecule has 0 aliphatic rings. The second-order valence-corrected chi connectivity index (χ2v) is 5.31. The Morgan fingerprint density at radius 2 is 1.19 bits per heavy atom. The van der Waals surface area contributed by atoms with Crippen LogP contribution in [0.15, 0.2) is 48.8 Å². The molecule has 0 fully saturated rings. The molecule has 1 aromatic carbocycles. The van der Waals surface area contributed by atoms with Crippen LogP contribution < -0.4 is 9.97 Å². The molecule has 0 saturated heterocycles. The van der Waals surface area contributed by atoms with E-state index in [0.29, 0.717) is 22.8 Å². The van der Waals surface area contributed by atoms with Crippen molar-refractivity contribution in [2.45, 2.75) is 0 Å². The Hall–Kier alpha value is -4.08. The van der Waals surface area contributed by atoms with E-state index < -0.39 is 21.2 Å². The van der Waals surface area contributed by atoms with Crippen molar-refractivity contribution < 1.29 is 9.85 Å². The van der Waals surface area contributed by atoms with Gasteiger partial charge in [0.1, 0.15) is 0 Å². The molecular weight excluding hydrogens is 340 g/mol. The van der Waals surface area contributed by atoms with E-state index >= 15 is 0 Å². The van der Waals surface area contributed by atoms with Gasteiger partial charge in [-0.15, -0.1) is 11.4 Å². The minimum Gasteiger partial charge on any atom is -0.662 e. The fourth-order valence-corrected chi connectivity index (χ4v) is 2.61. The molecule has 0 spiro atoms. The Bertz CT molecular complexity index is 1040. The van der Waals surface area contributed by atoms with E-state index in [1.807, 2.05) is 0 Å². The summed E-state index contributed by atoms with van der Waals surface area (Å²) in [6.07, 6.45) is 3.17. The van der Waals surface area contributed by atoms with Gasteiger partial charge in [0, 0.05) is 0 Å². The number of aromatic nitrogens is 4. The predicted octanol–water partition coefficient (Wildman–Crippen LogP) is 2.69. The van der Waals surface area contributed by atoms with Gasteiger partial charge in [0.25, 0.3) is 0 Å². The SMILES string of the molecule is O=[N+]([O-])c1cc2nc(-c3ccc[n-]3)c(-c3ccc[n-]3)nc2cc1[N+](=O)[O-]. The molecule has 0 N–H and O–H groups in total. The Morgan fingerprint density at radius 3 is 1.50 bits per heavy atom. The molecule has 128 valence electrons. The summed E-state index contributed by atoms with van der Waals surface area (Å²) < 4.78 is 0. The second kappa shape index (κ2) is 5.77. The molecule has 0 aliphatic heterocycles. The van der Waals surface area contributed by atoms with Crippen LogP contribution >= 0.6 is 0 Å². The summed E-state index contributed by atoms with van der Waals surface area (Å²) in [4.78, 5) is 37.9. The molecule has 3 heterocycles. The zero-order valence-electron chi connectivity index (χ0n) is 12.9. The van der Waals surface area contributed by atoms with Gasteiger partial charge in [0.05, 0.1) is 44.4 Å². The Labute approximate surface area is 144 Å². The van der Waals surface area contributed by atoms with Gasteiger partial charge >= 0.3 is 11.4 Å². The molecule has 0 aliphatic carbocycles. The van der Waals surface area contributed by atoms with Crippen LogP contribution in [0.25, 0.3) is 33.8 Å². The van der Waals surface area contributed by atoms with Crippen LogP contribution in [0.3, 0.4) is 0 Å². The maximum atomic E-state index is 11.2. The van der Waals surface area contributed by atoms with Gasteiger partial charge in [-0.25, -0.2) is 9.97 Å². The van der Waals surface area contributed by atoms with Crippen molar-refractivity contribution in [3.05, 3.63) is 69.0 Å². The maximum Gasteiger partial charge on any atom is 0.348 e. The lowest BCUT2D eigenvalue weighted by Gasteiger charge is -2.15. The number of hydrogen-bond acceptors (Lipinski definition) is 6. The number of hydrogen-bond donors (Lipinski definition) is 0. The molecular formula is C16H8N6O4-2. The zero-order valence-corrected chi connectivity index (χ0v) is 12.9. The fourth-order valence-electron chi connectivity index (χ4n) is 2.61. The number of nitro groups is 2. The molecule has 0 amide bonds. The molecule has 26 heavy (non-hydrogen) atoms. The van der Waals surface area contributed by atoms with Gasteiger partial charge in [-0.2, -0.15) is 12.4 Å². The Morgan fingerprint density at radius 1 is 0.769 bits per heavy atom. The lowest BCUT2D eigenvalue weighted by atomic mass is 10.1. The van der Waals surface area contributed by atoms with Crippen LogP contribution in [0.2, 0.25) is 0 Å². The minimum absolute atomic E-state index is 0.163. The number of nitrogens with zero attached hydrogens (tertiary/aromatic N) is 6. The molecule has 0 atom stereocenters. The standard InChI is InChI=1S/C16H8N6O4/c23-21(24)13-7-11-12(8-14(13)22(25)26)20-16(10-4-2-6-18-10)15(19-11)9-3-1-5-17-9/h1-8H/q-2. The van der Waals surface area contributed by atoms with Gasteiger partial charge in [-0.3, -0.25) is 20.2 Å². The number of benzene rings is 1. The van der Waals surface area contributed by atoms with Gasteiger partial charge in [-0.1, -0.05) is 24.3 Å². The quantitative estimate of drug-likeness (QED) is 0.405. The maximum absolute atomic E-state index is 11.2. The molecule has 4 rings (SSSR count). The van der Waals surface area contributed by atoms with Crippen LogP contribution in [0.5, 0.6) is 0 Å². The Kier molecular flexibility index (Phi) is 3.43. The van der Waals surface area contributed by atoms with Gasteiger partial charge < -0.3 is 9.97 Å². The average molecular weight is 348 g/mol. The van der Waals surface area contributed by atoms with Crippen molar-refractivity contribution in [1.29, 1.82) is 0 Å². The first-order valence-electron chi connectivity index (χ1n) is 7.35. The first-order chi connectivity index (χ1) is 12.5. The molecule has 10 heteroatoms. The number of fused-ring (bicyclic) bond motifs is 1. The molecule has 0 bridgehead atoms. The highest BCUT2D eigenvalue weighted by molar-refractivity contribution is 5.88. The van der Waals surface area contributed by atoms with E-state index in [2.05, 4.69) is 19.9 Å². The Balaban J connectivity index is 2.06. The largest absolute Gasteiger partial charge is 0.662 e. The highest BCUT2D eigenvalue weighted by Gasteiger charge is 2.26. The van der Waals surface area contributed by atoms with Crippen molar-refractivity contribution in [3.63, 3.8) is 0 Å².